The van der Waals surface area contributed by atoms with Gasteiger partial charge in [0.1, 0.15) is 12.1 Å². The molecular weight excluding hydrogens is 366 g/mol. The minimum Gasteiger partial charge on any atom is -0.281 e. The third-order valence-corrected chi connectivity index (χ3v) is 5.60. The number of hydrogen-bond donors (Lipinski definition) is 0. The van der Waals surface area contributed by atoms with E-state index < -0.39 is 9.84 Å². The number of nitrogens with zero attached hydrogens (tertiary/aromatic N) is 3. The third-order valence-electron chi connectivity index (χ3n) is 3.48. The van der Waals surface area contributed by atoms with Gasteiger partial charge < -0.3 is 0 Å². The van der Waals surface area contributed by atoms with Crippen molar-refractivity contribution in [2.24, 2.45) is 0 Å². The molecule has 0 aliphatic heterocycles. The molecule has 3 aromatic rings. The summed E-state index contributed by atoms with van der Waals surface area (Å²) in [6.07, 6.45) is 6.07. The van der Waals surface area contributed by atoms with Crippen molar-refractivity contribution in [2.75, 3.05) is 12.5 Å². The second-order valence-corrected chi connectivity index (χ2v) is 8.36. The van der Waals surface area contributed by atoms with E-state index in [2.05, 4.69) is 9.97 Å². The average molecular weight is 380 g/mol. The van der Waals surface area contributed by atoms with Gasteiger partial charge in [-0.1, -0.05) is 23.7 Å². The van der Waals surface area contributed by atoms with Crippen LogP contribution in [0.1, 0.15) is 0 Å². The normalized spacial score (nSPS) is 11.6. The lowest BCUT2D eigenvalue weighted by Crippen LogP contribution is -2.02. The average Bonchev–Trinajstić information content (AvgIpc) is 2.96. The van der Waals surface area contributed by atoms with E-state index in [0.717, 1.165) is 16.7 Å². The van der Waals surface area contributed by atoms with E-state index in [1.54, 1.807) is 28.7 Å². The standard InChI is InChI=1S/C16H14ClN3O2S2/c1-23-12-5-3-11(4-6-12)15-16(17)19-10-20(15)14-8-7-13(9-18-14)24(2,21)22/h3-10H,1-2H3. The number of benzene rings is 1. The van der Waals surface area contributed by atoms with Crippen molar-refractivity contribution in [1.82, 2.24) is 14.5 Å². The quantitative estimate of drug-likeness (QED) is 0.646. The molecule has 0 saturated carbocycles. The zero-order valence-corrected chi connectivity index (χ0v) is 15.4. The molecule has 124 valence electrons. The lowest BCUT2D eigenvalue weighted by Gasteiger charge is -2.09. The Morgan fingerprint density at radius 3 is 2.33 bits per heavy atom. The molecule has 0 bridgehead atoms. The van der Waals surface area contributed by atoms with Crippen molar-refractivity contribution in [2.45, 2.75) is 9.79 Å². The summed E-state index contributed by atoms with van der Waals surface area (Å²) < 4.78 is 24.8. The molecule has 0 unspecified atom stereocenters. The van der Waals surface area contributed by atoms with Crippen LogP contribution in [-0.4, -0.2) is 35.5 Å². The predicted octanol–water partition coefficient (Wildman–Crippen LogP) is 3.71. The van der Waals surface area contributed by atoms with Crippen LogP contribution in [-0.2, 0) is 9.84 Å². The molecule has 0 atom stereocenters. The van der Waals surface area contributed by atoms with Crippen molar-refractivity contribution >= 4 is 33.2 Å². The lowest BCUT2D eigenvalue weighted by molar-refractivity contribution is 0.601. The number of halogens is 1. The zero-order chi connectivity index (χ0) is 17.3. The van der Waals surface area contributed by atoms with Crippen molar-refractivity contribution in [3.05, 3.63) is 54.1 Å². The summed E-state index contributed by atoms with van der Waals surface area (Å²) in [6, 6.07) is 11.1. The number of imidazole rings is 1. The van der Waals surface area contributed by atoms with Gasteiger partial charge in [-0.15, -0.1) is 11.8 Å². The molecule has 0 aliphatic rings. The first-order chi connectivity index (χ1) is 11.4. The van der Waals surface area contributed by atoms with Gasteiger partial charge in [-0.3, -0.25) is 4.57 Å². The Morgan fingerprint density at radius 1 is 1.08 bits per heavy atom. The summed E-state index contributed by atoms with van der Waals surface area (Å²) in [5, 5.41) is 0.362. The van der Waals surface area contributed by atoms with E-state index in [1.807, 2.05) is 30.5 Å². The van der Waals surface area contributed by atoms with Crippen molar-refractivity contribution in [1.29, 1.82) is 0 Å². The van der Waals surface area contributed by atoms with Crippen molar-refractivity contribution in [3.8, 4) is 17.1 Å². The molecule has 0 saturated heterocycles. The Hall–Kier alpha value is -1.83. The van der Waals surface area contributed by atoms with Crippen LogP contribution in [0.3, 0.4) is 0 Å². The molecule has 8 heteroatoms. The van der Waals surface area contributed by atoms with Crippen LogP contribution >= 0.6 is 23.4 Å². The Balaban J connectivity index is 2.06. The topological polar surface area (TPSA) is 64.8 Å². The molecule has 0 N–H and O–H groups in total. The maximum atomic E-state index is 11.6. The van der Waals surface area contributed by atoms with Crippen LogP contribution in [0, 0.1) is 0 Å². The van der Waals surface area contributed by atoms with E-state index in [4.69, 9.17) is 11.6 Å². The zero-order valence-electron chi connectivity index (χ0n) is 13.0. The van der Waals surface area contributed by atoms with Crippen LogP contribution in [0.15, 0.2) is 58.7 Å². The van der Waals surface area contributed by atoms with E-state index in [-0.39, 0.29) is 4.90 Å². The molecule has 0 fully saturated rings. The number of aromatic nitrogens is 3. The maximum absolute atomic E-state index is 11.6. The highest BCUT2D eigenvalue weighted by Crippen LogP contribution is 2.30. The fourth-order valence-electron chi connectivity index (χ4n) is 2.24. The molecule has 0 spiro atoms. The summed E-state index contributed by atoms with van der Waals surface area (Å²) in [5.74, 6) is 0.547. The van der Waals surface area contributed by atoms with Gasteiger partial charge in [-0.05, 0) is 30.5 Å². The Bertz CT molecular complexity index is 966. The van der Waals surface area contributed by atoms with Gasteiger partial charge in [0.05, 0.1) is 10.6 Å². The highest BCUT2D eigenvalue weighted by Gasteiger charge is 2.15. The summed E-state index contributed by atoms with van der Waals surface area (Å²) >= 11 is 7.90. The highest BCUT2D eigenvalue weighted by atomic mass is 35.5. The van der Waals surface area contributed by atoms with Crippen LogP contribution in [0.5, 0.6) is 0 Å². The Morgan fingerprint density at radius 2 is 1.79 bits per heavy atom. The number of sulfone groups is 1. The number of rotatable bonds is 4. The smallest absolute Gasteiger partial charge is 0.177 e. The summed E-state index contributed by atoms with van der Waals surface area (Å²) in [4.78, 5) is 9.70. The molecule has 0 radical (unpaired) electrons. The van der Waals surface area contributed by atoms with Crippen molar-refractivity contribution in [3.63, 3.8) is 0 Å². The first kappa shape index (κ1) is 17.0. The first-order valence-electron chi connectivity index (χ1n) is 6.94. The van der Waals surface area contributed by atoms with Gasteiger partial charge >= 0.3 is 0 Å². The third kappa shape index (κ3) is 3.33. The molecule has 0 amide bonds. The number of hydrogen-bond acceptors (Lipinski definition) is 5. The van der Waals surface area contributed by atoms with Gasteiger partial charge in [0.2, 0.25) is 0 Å². The first-order valence-corrected chi connectivity index (χ1v) is 10.4. The molecular formula is C16H14ClN3O2S2. The fourth-order valence-corrected chi connectivity index (χ4v) is 3.45. The van der Waals surface area contributed by atoms with Crippen LogP contribution in [0.2, 0.25) is 5.15 Å². The minimum absolute atomic E-state index is 0.170. The summed E-state index contributed by atoms with van der Waals surface area (Å²) in [7, 11) is -3.28. The monoisotopic (exact) mass is 379 g/mol. The van der Waals surface area contributed by atoms with Crippen LogP contribution < -0.4 is 0 Å². The number of pyridine rings is 1. The predicted molar refractivity (Wildman–Crippen MR) is 96.7 cm³/mol. The van der Waals surface area contributed by atoms with Gasteiger partial charge in [-0.25, -0.2) is 18.4 Å². The van der Waals surface area contributed by atoms with Gasteiger partial charge in [0, 0.05) is 22.9 Å². The van der Waals surface area contributed by atoms with Crippen molar-refractivity contribution < 1.29 is 8.42 Å². The Kier molecular flexibility index (Phi) is 4.67. The summed E-state index contributed by atoms with van der Waals surface area (Å²) in [6.45, 7) is 0. The molecule has 2 heterocycles. The second-order valence-electron chi connectivity index (χ2n) is 5.11. The fraction of sp³-hybridized carbons (Fsp3) is 0.125. The Labute approximate surface area is 149 Å². The molecule has 0 aliphatic carbocycles. The van der Waals surface area contributed by atoms with E-state index in [1.165, 1.54) is 12.3 Å². The van der Waals surface area contributed by atoms with Gasteiger partial charge in [0.15, 0.2) is 15.0 Å². The van der Waals surface area contributed by atoms with Gasteiger partial charge in [-0.2, -0.15) is 0 Å². The largest absolute Gasteiger partial charge is 0.281 e. The molecule has 24 heavy (non-hydrogen) atoms. The highest BCUT2D eigenvalue weighted by molar-refractivity contribution is 7.98. The van der Waals surface area contributed by atoms with Crippen LogP contribution in [0.25, 0.3) is 17.1 Å². The molecule has 3 rings (SSSR count). The van der Waals surface area contributed by atoms with E-state index in [9.17, 15) is 8.42 Å². The molecule has 1 aromatic carbocycles. The minimum atomic E-state index is -3.28. The van der Waals surface area contributed by atoms with Gasteiger partial charge in [0.25, 0.3) is 0 Å². The maximum Gasteiger partial charge on any atom is 0.177 e. The number of thioether (sulfide) groups is 1. The SMILES string of the molecule is CSc1ccc(-c2c(Cl)ncn2-c2ccc(S(C)(=O)=O)cn2)cc1. The molecule has 5 nitrogen and oxygen atoms in total. The second kappa shape index (κ2) is 6.58. The van der Waals surface area contributed by atoms with E-state index in [0.29, 0.717) is 16.7 Å². The van der Waals surface area contributed by atoms with E-state index >= 15 is 0 Å². The van der Waals surface area contributed by atoms with Crippen LogP contribution in [0.4, 0.5) is 0 Å². The lowest BCUT2D eigenvalue weighted by atomic mass is 10.1. The molecule has 2 aromatic heterocycles. The summed E-state index contributed by atoms with van der Waals surface area (Å²) in [5.41, 5.74) is 1.62.